The molecule has 2 saturated heterocycles. The number of quaternary nitrogens is 1. The van der Waals surface area contributed by atoms with E-state index in [-0.39, 0.29) is 5.92 Å². The average Bonchev–Trinajstić information content (AvgIpc) is 3.54. The first-order valence-corrected chi connectivity index (χ1v) is 14.3. The number of nitrogens with zero attached hydrogens (tertiary/aromatic N) is 7. The largest absolute Gasteiger partial charge is 0.353 e. The summed E-state index contributed by atoms with van der Waals surface area (Å²) in [6.07, 6.45) is 7.14. The van der Waals surface area contributed by atoms with Crippen LogP contribution in [0, 0.1) is 13.8 Å². The number of fused-ring (bicyclic) bond motifs is 3. The number of amides is 1. The first-order chi connectivity index (χ1) is 18.7. The number of likely N-dealkylation sites (N-methyl/N-ethyl adjacent to an activating group) is 1. The number of hydrogen-bond acceptors (Lipinski definition) is 6. The van der Waals surface area contributed by atoms with Crippen LogP contribution >= 0.6 is 0 Å². The molecule has 4 aromatic rings. The van der Waals surface area contributed by atoms with Gasteiger partial charge >= 0.3 is 5.91 Å². The van der Waals surface area contributed by atoms with E-state index >= 15 is 0 Å². The summed E-state index contributed by atoms with van der Waals surface area (Å²) in [4.78, 5) is 31.3. The number of H-pyrrole nitrogens is 1. The molecule has 2 atom stereocenters. The van der Waals surface area contributed by atoms with Crippen molar-refractivity contribution in [1.82, 2.24) is 29.5 Å². The summed E-state index contributed by atoms with van der Waals surface area (Å²) in [5, 5.41) is 4.42. The molecule has 0 spiro atoms. The number of hydrogen-bond donors (Lipinski definition) is 1. The fraction of sp³-hybridized carbons (Fsp3) is 0.533. The van der Waals surface area contributed by atoms with Crippen LogP contribution in [0.25, 0.3) is 27.9 Å². The second kappa shape index (κ2) is 9.71. The lowest BCUT2D eigenvalue weighted by Gasteiger charge is -2.51. The van der Waals surface area contributed by atoms with Crippen molar-refractivity contribution in [2.45, 2.75) is 58.9 Å². The van der Waals surface area contributed by atoms with Gasteiger partial charge in [0, 0.05) is 23.7 Å². The average molecular weight is 530 g/mol. The van der Waals surface area contributed by atoms with E-state index in [1.165, 1.54) is 17.5 Å². The Labute approximate surface area is 230 Å². The second-order valence-corrected chi connectivity index (χ2v) is 12.2. The van der Waals surface area contributed by atoms with Crippen molar-refractivity contribution in [2.24, 2.45) is 0 Å². The van der Waals surface area contributed by atoms with Gasteiger partial charge in [0.15, 0.2) is 5.65 Å². The van der Waals surface area contributed by atoms with E-state index in [1.54, 1.807) is 6.33 Å². The van der Waals surface area contributed by atoms with Gasteiger partial charge in [-0.05, 0) is 70.0 Å². The second-order valence-electron chi connectivity index (χ2n) is 12.2. The minimum absolute atomic E-state index is 0.287. The number of nitrogens with one attached hydrogen (secondary N) is 1. The molecule has 39 heavy (non-hydrogen) atoms. The van der Waals surface area contributed by atoms with E-state index < -0.39 is 0 Å². The maximum absolute atomic E-state index is 13.4. The summed E-state index contributed by atoms with van der Waals surface area (Å²) in [5.41, 5.74) is 8.79. The van der Waals surface area contributed by atoms with Gasteiger partial charge in [-0.3, -0.25) is 9.38 Å². The SMILES string of the molecule is Cc1c(-c2[nH]c3ccc(N4CC[N+]5(C(=O)CN(C)C)CCCC[C@H]5C4)nc3c2C(C)C)cn2ncnc2c1C. The number of aromatic amines is 1. The molecule has 1 unspecified atom stereocenters. The van der Waals surface area contributed by atoms with Crippen LogP contribution in [0.5, 0.6) is 0 Å². The van der Waals surface area contributed by atoms with Crippen LogP contribution in [0.1, 0.15) is 55.7 Å². The molecule has 1 amide bonds. The Bertz CT molecular complexity index is 1550. The molecular weight excluding hydrogens is 488 g/mol. The number of aromatic nitrogens is 5. The molecule has 0 bridgehead atoms. The van der Waals surface area contributed by atoms with Crippen molar-refractivity contribution in [2.75, 3.05) is 51.7 Å². The van der Waals surface area contributed by atoms with Gasteiger partial charge in [0.2, 0.25) is 0 Å². The Morgan fingerprint density at radius 2 is 2.00 bits per heavy atom. The Hall–Kier alpha value is -3.30. The summed E-state index contributed by atoms with van der Waals surface area (Å²) >= 11 is 0. The monoisotopic (exact) mass is 529 g/mol. The smallest absolute Gasteiger partial charge is 0.328 e. The van der Waals surface area contributed by atoms with Gasteiger partial charge in [-0.15, -0.1) is 0 Å². The van der Waals surface area contributed by atoms with Crippen molar-refractivity contribution >= 4 is 28.4 Å². The molecule has 6 heterocycles. The van der Waals surface area contributed by atoms with Gasteiger partial charge in [0.25, 0.3) is 0 Å². The van der Waals surface area contributed by atoms with Gasteiger partial charge in [0.05, 0.1) is 36.4 Å². The molecule has 0 aromatic carbocycles. The summed E-state index contributed by atoms with van der Waals surface area (Å²) < 4.78 is 2.51. The van der Waals surface area contributed by atoms with Crippen LogP contribution in [-0.2, 0) is 4.79 Å². The lowest BCUT2D eigenvalue weighted by atomic mass is 9.94. The lowest BCUT2D eigenvalue weighted by Crippen LogP contribution is -2.71. The van der Waals surface area contributed by atoms with Gasteiger partial charge in [0.1, 0.15) is 31.3 Å². The third-order valence-corrected chi connectivity index (χ3v) is 9.15. The summed E-state index contributed by atoms with van der Waals surface area (Å²) in [5.74, 6) is 1.67. The number of aryl methyl sites for hydroxylation is 1. The first-order valence-electron chi connectivity index (χ1n) is 14.3. The van der Waals surface area contributed by atoms with E-state index in [2.05, 4.69) is 66.0 Å². The molecule has 2 aliphatic rings. The van der Waals surface area contributed by atoms with Crippen LogP contribution < -0.4 is 4.90 Å². The van der Waals surface area contributed by atoms with Crippen molar-refractivity contribution < 1.29 is 9.28 Å². The predicted molar refractivity (Wildman–Crippen MR) is 155 cm³/mol. The van der Waals surface area contributed by atoms with Crippen molar-refractivity contribution in [1.29, 1.82) is 0 Å². The molecule has 0 aliphatic carbocycles. The summed E-state index contributed by atoms with van der Waals surface area (Å²) in [6.45, 7) is 12.8. The Morgan fingerprint density at radius 1 is 1.18 bits per heavy atom. The van der Waals surface area contributed by atoms with Crippen LogP contribution in [0.4, 0.5) is 5.82 Å². The maximum atomic E-state index is 13.4. The van der Waals surface area contributed by atoms with Gasteiger partial charge < -0.3 is 9.88 Å². The zero-order valence-corrected chi connectivity index (χ0v) is 24.2. The molecule has 9 nitrogen and oxygen atoms in total. The fourth-order valence-corrected chi connectivity index (χ4v) is 6.94. The Morgan fingerprint density at radius 3 is 2.77 bits per heavy atom. The lowest BCUT2D eigenvalue weighted by molar-refractivity contribution is -0.885. The van der Waals surface area contributed by atoms with E-state index in [4.69, 9.17) is 4.98 Å². The molecule has 9 heteroatoms. The third kappa shape index (κ3) is 4.23. The van der Waals surface area contributed by atoms with Gasteiger partial charge in [-0.25, -0.2) is 19.3 Å². The number of rotatable bonds is 5. The third-order valence-electron chi connectivity index (χ3n) is 9.15. The topological polar surface area (TPSA) is 82.4 Å². The minimum atomic E-state index is 0.287. The highest BCUT2D eigenvalue weighted by Gasteiger charge is 2.49. The van der Waals surface area contributed by atoms with Crippen LogP contribution in [0.2, 0.25) is 0 Å². The Kier molecular flexibility index (Phi) is 6.46. The maximum Gasteiger partial charge on any atom is 0.328 e. The molecule has 2 aliphatic heterocycles. The highest BCUT2D eigenvalue weighted by atomic mass is 16.2. The van der Waals surface area contributed by atoms with Crippen LogP contribution in [-0.4, -0.2) is 92.7 Å². The van der Waals surface area contributed by atoms with Crippen molar-refractivity contribution in [3.05, 3.63) is 41.3 Å². The molecule has 0 radical (unpaired) electrons. The predicted octanol–water partition coefficient (Wildman–Crippen LogP) is 4.29. The summed E-state index contributed by atoms with van der Waals surface area (Å²) in [7, 11) is 3.99. The van der Waals surface area contributed by atoms with Crippen molar-refractivity contribution in [3.63, 3.8) is 0 Å². The number of carbonyl (C=O) groups is 1. The van der Waals surface area contributed by atoms with Crippen LogP contribution in [0.15, 0.2) is 24.7 Å². The van der Waals surface area contributed by atoms with Crippen molar-refractivity contribution in [3.8, 4) is 11.3 Å². The van der Waals surface area contributed by atoms with E-state index in [1.807, 2.05) is 23.5 Å². The quantitative estimate of drug-likeness (QED) is 0.389. The molecule has 206 valence electrons. The molecule has 2 fully saturated rings. The van der Waals surface area contributed by atoms with Gasteiger partial charge in [-0.2, -0.15) is 5.10 Å². The Balaban J connectivity index is 1.38. The van der Waals surface area contributed by atoms with E-state index in [9.17, 15) is 4.79 Å². The first kappa shape index (κ1) is 26.0. The molecular formula is C30H41N8O+. The molecule has 0 saturated carbocycles. The number of piperazine rings is 1. The highest BCUT2D eigenvalue weighted by Crippen LogP contribution is 2.39. The van der Waals surface area contributed by atoms with E-state index in [0.717, 1.165) is 78.3 Å². The minimum Gasteiger partial charge on any atom is -0.353 e. The zero-order chi connectivity index (χ0) is 27.5. The highest BCUT2D eigenvalue weighted by molar-refractivity contribution is 5.90. The number of pyridine rings is 2. The number of anilines is 1. The summed E-state index contributed by atoms with van der Waals surface area (Å²) in [6, 6.07) is 4.66. The fourth-order valence-electron chi connectivity index (χ4n) is 6.94. The molecule has 6 rings (SSSR count). The normalized spacial score (nSPS) is 21.8. The number of piperidine rings is 1. The van der Waals surface area contributed by atoms with E-state index in [0.29, 0.717) is 23.0 Å². The van der Waals surface area contributed by atoms with Crippen LogP contribution in [0.3, 0.4) is 0 Å². The molecule has 1 N–H and O–H groups in total. The van der Waals surface area contributed by atoms with Gasteiger partial charge in [-0.1, -0.05) is 13.8 Å². The molecule has 4 aromatic heterocycles. The zero-order valence-electron chi connectivity index (χ0n) is 24.2. The standard InChI is InChI=1S/C30H41N8O/c1-19(2)27-28(23-16-37-30(31-18-32-37)21(4)20(23)3)33-24-10-11-25(34-29(24)27)36-12-14-38(26(39)17-35(5)6)13-8-7-9-22(38)15-36/h10-11,16,18-19,22,33H,7-9,12-15,17H2,1-6H3/q+1/t22-,38?/m0/s1. The number of carbonyl (C=O) groups excluding carboxylic acids is 1.